The summed E-state index contributed by atoms with van der Waals surface area (Å²) in [5.74, 6) is 0. The lowest BCUT2D eigenvalue weighted by atomic mass is 10.1. The zero-order valence-electron chi connectivity index (χ0n) is 8.54. The standard InChI is InChI=1S/C9H6BrN3O4/c1-3-4(10)2-5-6(7(3)13(16)17)12-9(15)8(14)11-5/h2H,1H3,(H,11,14)(H,12,15). The van der Waals surface area contributed by atoms with Gasteiger partial charge in [-0.3, -0.25) is 19.7 Å². The van der Waals surface area contributed by atoms with Crippen molar-refractivity contribution in [3.05, 3.63) is 46.9 Å². The quantitative estimate of drug-likeness (QED) is 0.468. The molecule has 0 spiro atoms. The summed E-state index contributed by atoms with van der Waals surface area (Å²) >= 11 is 3.16. The van der Waals surface area contributed by atoms with Gasteiger partial charge in [0.2, 0.25) is 0 Å². The van der Waals surface area contributed by atoms with Gasteiger partial charge in [0.1, 0.15) is 5.52 Å². The maximum Gasteiger partial charge on any atom is 0.314 e. The van der Waals surface area contributed by atoms with Gasteiger partial charge in [0, 0.05) is 10.0 Å². The van der Waals surface area contributed by atoms with E-state index in [4.69, 9.17) is 0 Å². The number of hydrogen-bond acceptors (Lipinski definition) is 4. The van der Waals surface area contributed by atoms with Crippen molar-refractivity contribution in [1.82, 2.24) is 9.97 Å². The molecule has 0 fully saturated rings. The molecular formula is C9H6BrN3O4. The maximum atomic E-state index is 11.2. The summed E-state index contributed by atoms with van der Waals surface area (Å²) in [6, 6.07) is 1.51. The Hall–Kier alpha value is -1.96. The molecule has 2 rings (SSSR count). The molecule has 8 heteroatoms. The first-order chi connectivity index (χ1) is 7.91. The molecule has 0 atom stereocenters. The van der Waals surface area contributed by atoms with Gasteiger partial charge in [0.05, 0.1) is 10.4 Å². The molecule has 0 saturated carbocycles. The summed E-state index contributed by atoms with van der Waals surface area (Å²) in [4.78, 5) is 37.2. The third-order valence-electron chi connectivity index (χ3n) is 2.37. The Morgan fingerprint density at radius 2 is 1.88 bits per heavy atom. The minimum absolute atomic E-state index is 0.0142. The van der Waals surface area contributed by atoms with Gasteiger partial charge in [0.25, 0.3) is 5.69 Å². The number of halogens is 1. The topological polar surface area (TPSA) is 109 Å². The predicted molar refractivity (Wildman–Crippen MR) is 64.3 cm³/mol. The van der Waals surface area contributed by atoms with E-state index in [0.717, 1.165) is 0 Å². The Bertz CT molecular complexity index is 746. The smallest absolute Gasteiger partial charge is 0.314 e. The number of nitro benzene ring substituents is 1. The minimum atomic E-state index is -0.915. The van der Waals surface area contributed by atoms with E-state index in [2.05, 4.69) is 25.9 Å². The van der Waals surface area contributed by atoms with E-state index in [9.17, 15) is 19.7 Å². The van der Waals surface area contributed by atoms with Crippen molar-refractivity contribution in [2.24, 2.45) is 0 Å². The van der Waals surface area contributed by atoms with Crippen LogP contribution in [0.15, 0.2) is 20.1 Å². The number of aromatic nitrogens is 2. The van der Waals surface area contributed by atoms with Crippen molar-refractivity contribution in [2.45, 2.75) is 6.92 Å². The highest BCUT2D eigenvalue weighted by atomic mass is 79.9. The second kappa shape index (κ2) is 3.81. The van der Waals surface area contributed by atoms with Crippen LogP contribution < -0.4 is 11.1 Å². The van der Waals surface area contributed by atoms with Crippen LogP contribution in [0.4, 0.5) is 5.69 Å². The van der Waals surface area contributed by atoms with E-state index >= 15 is 0 Å². The Morgan fingerprint density at radius 1 is 1.29 bits per heavy atom. The summed E-state index contributed by atoms with van der Waals surface area (Å²) in [7, 11) is 0. The number of H-pyrrole nitrogens is 2. The van der Waals surface area contributed by atoms with Crippen LogP contribution in [0.1, 0.15) is 5.56 Å². The van der Waals surface area contributed by atoms with Crippen LogP contribution >= 0.6 is 15.9 Å². The number of nitrogens with zero attached hydrogens (tertiary/aromatic N) is 1. The highest BCUT2D eigenvalue weighted by Gasteiger charge is 2.20. The Morgan fingerprint density at radius 3 is 2.47 bits per heavy atom. The summed E-state index contributed by atoms with van der Waals surface area (Å²) in [5.41, 5.74) is -1.39. The Balaban J connectivity index is 3.09. The lowest BCUT2D eigenvalue weighted by molar-refractivity contribution is -0.383. The zero-order valence-corrected chi connectivity index (χ0v) is 10.1. The second-order valence-corrected chi connectivity index (χ2v) is 4.27. The van der Waals surface area contributed by atoms with Gasteiger partial charge in [-0.05, 0) is 13.0 Å². The average Bonchev–Trinajstić information content (AvgIpc) is 2.23. The molecule has 0 bridgehead atoms. The molecule has 1 aromatic carbocycles. The number of hydrogen-bond donors (Lipinski definition) is 2. The molecule has 0 unspecified atom stereocenters. The molecule has 1 heterocycles. The first-order valence-electron chi connectivity index (χ1n) is 4.51. The van der Waals surface area contributed by atoms with Crippen LogP contribution in [0.5, 0.6) is 0 Å². The highest BCUT2D eigenvalue weighted by Crippen LogP contribution is 2.31. The molecule has 2 aromatic rings. The number of rotatable bonds is 1. The zero-order chi connectivity index (χ0) is 12.7. The van der Waals surface area contributed by atoms with Crippen molar-refractivity contribution < 1.29 is 4.92 Å². The molecule has 88 valence electrons. The third kappa shape index (κ3) is 1.76. The van der Waals surface area contributed by atoms with Gasteiger partial charge < -0.3 is 9.97 Å². The van der Waals surface area contributed by atoms with Crippen molar-refractivity contribution >= 4 is 32.7 Å². The maximum absolute atomic E-state index is 11.2. The first kappa shape index (κ1) is 11.5. The molecule has 7 nitrogen and oxygen atoms in total. The van der Waals surface area contributed by atoms with Crippen molar-refractivity contribution in [2.75, 3.05) is 0 Å². The molecule has 0 amide bonds. The fourth-order valence-electron chi connectivity index (χ4n) is 1.54. The summed E-state index contributed by atoms with van der Waals surface area (Å²) in [6.45, 7) is 1.55. The van der Waals surface area contributed by atoms with Gasteiger partial charge in [0.15, 0.2) is 0 Å². The normalized spacial score (nSPS) is 10.7. The van der Waals surface area contributed by atoms with E-state index in [1.54, 1.807) is 6.92 Å². The largest absolute Gasteiger partial charge is 0.316 e. The molecular weight excluding hydrogens is 294 g/mol. The monoisotopic (exact) mass is 299 g/mol. The number of benzene rings is 1. The molecule has 0 saturated heterocycles. The molecule has 1 aromatic heterocycles. The van der Waals surface area contributed by atoms with Crippen molar-refractivity contribution in [3.8, 4) is 0 Å². The van der Waals surface area contributed by atoms with E-state index in [1.807, 2.05) is 0 Å². The van der Waals surface area contributed by atoms with Crippen molar-refractivity contribution in [3.63, 3.8) is 0 Å². The molecule has 2 N–H and O–H groups in total. The van der Waals surface area contributed by atoms with Gasteiger partial charge in [-0.25, -0.2) is 0 Å². The second-order valence-electron chi connectivity index (χ2n) is 3.42. The van der Waals surface area contributed by atoms with E-state index in [-0.39, 0.29) is 16.7 Å². The minimum Gasteiger partial charge on any atom is -0.316 e. The lowest BCUT2D eigenvalue weighted by Gasteiger charge is -2.04. The fraction of sp³-hybridized carbons (Fsp3) is 0.111. The van der Waals surface area contributed by atoms with Crippen LogP contribution in [0.25, 0.3) is 11.0 Å². The van der Waals surface area contributed by atoms with Gasteiger partial charge in [-0.1, -0.05) is 15.9 Å². The summed E-state index contributed by atoms with van der Waals surface area (Å²) < 4.78 is 0.486. The number of nitrogens with one attached hydrogen (secondary N) is 2. The van der Waals surface area contributed by atoms with Gasteiger partial charge >= 0.3 is 11.1 Å². The van der Waals surface area contributed by atoms with Gasteiger partial charge in [-0.15, -0.1) is 0 Å². The van der Waals surface area contributed by atoms with Gasteiger partial charge in [-0.2, -0.15) is 0 Å². The van der Waals surface area contributed by atoms with Crippen molar-refractivity contribution in [1.29, 1.82) is 0 Å². The molecule has 0 radical (unpaired) electrons. The Labute approximate surface area is 102 Å². The molecule has 17 heavy (non-hydrogen) atoms. The average molecular weight is 300 g/mol. The fourth-order valence-corrected chi connectivity index (χ4v) is 1.95. The van der Waals surface area contributed by atoms with E-state index < -0.39 is 16.0 Å². The van der Waals surface area contributed by atoms with Crippen LogP contribution in [-0.4, -0.2) is 14.9 Å². The first-order valence-corrected chi connectivity index (χ1v) is 5.31. The number of fused-ring (bicyclic) bond motifs is 1. The van der Waals surface area contributed by atoms with Crippen LogP contribution in [-0.2, 0) is 0 Å². The number of aromatic amines is 2. The van der Waals surface area contributed by atoms with E-state index in [1.165, 1.54) is 6.07 Å². The SMILES string of the molecule is Cc1c(Br)cc2[nH]c(=O)c(=O)[nH]c2c1[N+](=O)[O-]. The van der Waals surface area contributed by atoms with Crippen LogP contribution in [0.3, 0.4) is 0 Å². The molecule has 0 aliphatic rings. The Kier molecular flexibility index (Phi) is 2.58. The predicted octanol–water partition coefficient (Wildman–Crippen LogP) is 1.20. The van der Waals surface area contributed by atoms with Crippen LogP contribution in [0, 0.1) is 17.0 Å². The molecule has 0 aliphatic carbocycles. The summed E-state index contributed by atoms with van der Waals surface area (Å²) in [6.07, 6.45) is 0. The highest BCUT2D eigenvalue weighted by molar-refractivity contribution is 9.10. The number of nitro groups is 1. The van der Waals surface area contributed by atoms with Crippen LogP contribution in [0.2, 0.25) is 0 Å². The lowest BCUT2D eigenvalue weighted by Crippen LogP contribution is -2.29. The van der Waals surface area contributed by atoms with E-state index in [0.29, 0.717) is 10.0 Å². The molecule has 0 aliphatic heterocycles. The summed E-state index contributed by atoms with van der Waals surface area (Å²) in [5, 5.41) is 11.0. The third-order valence-corrected chi connectivity index (χ3v) is 3.19.